The van der Waals surface area contributed by atoms with E-state index in [0.717, 1.165) is 12.8 Å². The molecule has 0 heterocycles. The Balaban J connectivity index is 1.66. The average Bonchev–Trinajstić information content (AvgIpc) is 3.27. The van der Waals surface area contributed by atoms with E-state index in [0.29, 0.717) is 11.3 Å². The van der Waals surface area contributed by atoms with E-state index < -0.39 is 5.97 Å². The number of rotatable bonds is 6. The minimum Gasteiger partial charge on any atom is -0.482 e. The molecule has 6 heteroatoms. The van der Waals surface area contributed by atoms with Crippen molar-refractivity contribution in [3.63, 3.8) is 0 Å². The predicted molar refractivity (Wildman–Crippen MR) is 68.8 cm³/mol. The summed E-state index contributed by atoms with van der Waals surface area (Å²) < 4.78 is 9.95. The molecule has 1 aromatic rings. The van der Waals surface area contributed by atoms with Crippen LogP contribution in [0.25, 0.3) is 0 Å². The highest BCUT2D eigenvalue weighted by Crippen LogP contribution is 2.18. The Hall–Kier alpha value is -2.55. The minimum atomic E-state index is -0.611. The van der Waals surface area contributed by atoms with Crippen LogP contribution in [0.15, 0.2) is 24.3 Å². The third kappa shape index (κ3) is 4.61. The molecule has 1 amide bonds. The lowest BCUT2D eigenvalue weighted by Crippen LogP contribution is -2.31. The molecule has 1 aromatic carbocycles. The molecule has 104 valence electrons. The number of nitrogens with one attached hydrogen (secondary N) is 1. The molecule has 0 bridgehead atoms. The summed E-state index contributed by atoms with van der Waals surface area (Å²) in [5, 5.41) is 11.3. The van der Waals surface area contributed by atoms with Crippen molar-refractivity contribution in [1.82, 2.24) is 5.32 Å². The molecule has 1 N–H and O–H groups in total. The smallest absolute Gasteiger partial charge is 0.344 e. The van der Waals surface area contributed by atoms with Gasteiger partial charge in [0, 0.05) is 6.04 Å². The Kier molecular flexibility index (Phi) is 4.56. The minimum absolute atomic E-state index is 0.246. The number of benzene rings is 1. The van der Waals surface area contributed by atoms with Crippen LogP contribution in [0.3, 0.4) is 0 Å². The maximum absolute atomic E-state index is 11.4. The summed E-state index contributed by atoms with van der Waals surface area (Å²) in [5.41, 5.74) is 0.511. The molecular formula is C14H14N2O4. The number of hydrogen-bond acceptors (Lipinski definition) is 5. The number of hydrogen-bond donors (Lipinski definition) is 1. The zero-order chi connectivity index (χ0) is 14.4. The van der Waals surface area contributed by atoms with Crippen molar-refractivity contribution < 1.29 is 19.1 Å². The van der Waals surface area contributed by atoms with Gasteiger partial charge in [0.05, 0.1) is 11.6 Å². The zero-order valence-corrected chi connectivity index (χ0v) is 10.8. The quantitative estimate of drug-likeness (QED) is 0.774. The molecule has 6 nitrogen and oxygen atoms in total. The lowest BCUT2D eigenvalue weighted by molar-refractivity contribution is -0.150. The summed E-state index contributed by atoms with van der Waals surface area (Å²) in [4.78, 5) is 22.6. The SMILES string of the molecule is N#Cc1ccc(OCC(=O)OCC(=O)NC2CC2)cc1. The molecule has 0 aliphatic heterocycles. The molecule has 1 aliphatic carbocycles. The van der Waals surface area contributed by atoms with E-state index in [4.69, 9.17) is 14.7 Å². The number of amides is 1. The summed E-state index contributed by atoms with van der Waals surface area (Å²) in [6, 6.07) is 8.58. The lowest BCUT2D eigenvalue weighted by atomic mass is 10.2. The Morgan fingerprint density at radius 1 is 1.25 bits per heavy atom. The van der Waals surface area contributed by atoms with Crippen molar-refractivity contribution in [2.75, 3.05) is 13.2 Å². The van der Waals surface area contributed by atoms with Crippen LogP contribution in [0.1, 0.15) is 18.4 Å². The molecule has 2 rings (SSSR count). The second-order valence-corrected chi connectivity index (χ2v) is 4.43. The average molecular weight is 274 g/mol. The van der Waals surface area contributed by atoms with E-state index in [1.807, 2.05) is 6.07 Å². The van der Waals surface area contributed by atoms with Gasteiger partial charge in [-0.25, -0.2) is 4.79 Å². The van der Waals surface area contributed by atoms with Crippen LogP contribution >= 0.6 is 0 Å². The number of ether oxygens (including phenoxy) is 2. The summed E-state index contributed by atoms with van der Waals surface area (Å²) in [7, 11) is 0. The Morgan fingerprint density at radius 3 is 2.55 bits per heavy atom. The molecular weight excluding hydrogens is 260 g/mol. The van der Waals surface area contributed by atoms with Crippen LogP contribution in [0.2, 0.25) is 0 Å². The van der Waals surface area contributed by atoms with Crippen molar-refractivity contribution in [2.45, 2.75) is 18.9 Å². The summed E-state index contributed by atoms with van der Waals surface area (Å²) >= 11 is 0. The van der Waals surface area contributed by atoms with Gasteiger partial charge in [-0.3, -0.25) is 4.79 Å². The second kappa shape index (κ2) is 6.57. The Bertz CT molecular complexity index is 529. The van der Waals surface area contributed by atoms with Gasteiger partial charge >= 0.3 is 5.97 Å². The molecule has 1 aliphatic rings. The molecule has 0 atom stereocenters. The molecule has 0 radical (unpaired) electrons. The van der Waals surface area contributed by atoms with Crippen LogP contribution < -0.4 is 10.1 Å². The van der Waals surface area contributed by atoms with Crippen molar-refractivity contribution in [3.8, 4) is 11.8 Å². The number of nitriles is 1. The Morgan fingerprint density at radius 2 is 1.95 bits per heavy atom. The van der Waals surface area contributed by atoms with E-state index in [-0.39, 0.29) is 25.2 Å². The normalized spacial score (nSPS) is 13.2. The number of esters is 1. The maximum atomic E-state index is 11.4. The van der Waals surface area contributed by atoms with Gasteiger partial charge in [0.1, 0.15) is 5.75 Å². The summed E-state index contributed by atoms with van der Waals surface area (Å²) in [6.45, 7) is -0.561. The van der Waals surface area contributed by atoms with Gasteiger partial charge in [0.15, 0.2) is 13.2 Å². The Labute approximate surface area is 116 Å². The molecule has 0 aromatic heterocycles. The van der Waals surface area contributed by atoms with Crippen LogP contribution in [-0.4, -0.2) is 31.1 Å². The molecule has 0 spiro atoms. The molecule has 0 unspecified atom stereocenters. The first-order chi connectivity index (χ1) is 9.67. The van der Waals surface area contributed by atoms with Gasteiger partial charge in [-0.1, -0.05) is 0 Å². The largest absolute Gasteiger partial charge is 0.482 e. The van der Waals surface area contributed by atoms with Gasteiger partial charge < -0.3 is 14.8 Å². The van der Waals surface area contributed by atoms with Gasteiger partial charge in [-0.2, -0.15) is 5.26 Å². The number of nitrogens with zero attached hydrogens (tertiary/aromatic N) is 1. The summed E-state index contributed by atoms with van der Waals surface area (Å²) in [6.07, 6.45) is 1.98. The highest BCUT2D eigenvalue weighted by atomic mass is 16.6. The van der Waals surface area contributed by atoms with Crippen LogP contribution in [0.5, 0.6) is 5.75 Å². The van der Waals surface area contributed by atoms with Crippen LogP contribution in [0, 0.1) is 11.3 Å². The van der Waals surface area contributed by atoms with Crippen molar-refractivity contribution >= 4 is 11.9 Å². The number of carbonyl (C=O) groups excluding carboxylic acids is 2. The molecule has 1 saturated carbocycles. The molecule has 1 fully saturated rings. The first-order valence-electron chi connectivity index (χ1n) is 6.25. The third-order valence-corrected chi connectivity index (χ3v) is 2.65. The van der Waals surface area contributed by atoms with E-state index in [1.54, 1.807) is 24.3 Å². The lowest BCUT2D eigenvalue weighted by Gasteiger charge is -2.07. The van der Waals surface area contributed by atoms with E-state index >= 15 is 0 Å². The highest BCUT2D eigenvalue weighted by molar-refractivity contribution is 5.81. The van der Waals surface area contributed by atoms with E-state index in [9.17, 15) is 9.59 Å². The fourth-order valence-corrected chi connectivity index (χ4v) is 1.45. The number of carbonyl (C=O) groups is 2. The molecule has 0 saturated heterocycles. The fourth-order valence-electron chi connectivity index (χ4n) is 1.45. The first kappa shape index (κ1) is 13.9. The van der Waals surface area contributed by atoms with Gasteiger partial charge in [-0.15, -0.1) is 0 Å². The van der Waals surface area contributed by atoms with Crippen LogP contribution in [0.4, 0.5) is 0 Å². The standard InChI is InChI=1S/C14H14N2O4/c15-7-10-1-5-12(6-2-10)19-9-14(18)20-8-13(17)16-11-3-4-11/h1-2,5-6,11H,3-4,8-9H2,(H,16,17). The van der Waals surface area contributed by atoms with Crippen molar-refractivity contribution in [3.05, 3.63) is 29.8 Å². The fraction of sp³-hybridized carbons (Fsp3) is 0.357. The predicted octanol–water partition coefficient (Wildman–Crippen LogP) is 0.759. The van der Waals surface area contributed by atoms with Gasteiger partial charge in [0.25, 0.3) is 5.91 Å². The van der Waals surface area contributed by atoms with Crippen LogP contribution in [-0.2, 0) is 14.3 Å². The first-order valence-corrected chi connectivity index (χ1v) is 6.25. The van der Waals surface area contributed by atoms with E-state index in [2.05, 4.69) is 5.32 Å². The maximum Gasteiger partial charge on any atom is 0.344 e. The second-order valence-electron chi connectivity index (χ2n) is 4.43. The summed E-state index contributed by atoms with van der Waals surface area (Å²) in [5.74, 6) is -0.442. The van der Waals surface area contributed by atoms with Crippen molar-refractivity contribution in [1.29, 1.82) is 5.26 Å². The monoisotopic (exact) mass is 274 g/mol. The zero-order valence-electron chi connectivity index (χ0n) is 10.8. The van der Waals surface area contributed by atoms with E-state index in [1.165, 1.54) is 0 Å². The van der Waals surface area contributed by atoms with Crippen molar-refractivity contribution in [2.24, 2.45) is 0 Å². The molecule has 20 heavy (non-hydrogen) atoms. The van der Waals surface area contributed by atoms with Gasteiger partial charge in [-0.05, 0) is 37.1 Å². The third-order valence-electron chi connectivity index (χ3n) is 2.65. The van der Waals surface area contributed by atoms with Gasteiger partial charge in [0.2, 0.25) is 0 Å². The highest BCUT2D eigenvalue weighted by Gasteiger charge is 2.23. The topological polar surface area (TPSA) is 88.4 Å².